The molecule has 0 aliphatic carbocycles. The molecular weight excluding hydrogens is 377 g/mol. The van der Waals surface area contributed by atoms with E-state index in [0.717, 1.165) is 4.90 Å². The largest absolute Gasteiger partial charge is 0.481 e. The van der Waals surface area contributed by atoms with Crippen molar-refractivity contribution < 1.29 is 32.4 Å². The Kier molecular flexibility index (Phi) is 4.43. The third kappa shape index (κ3) is 3.03. The van der Waals surface area contributed by atoms with Gasteiger partial charge in [0.1, 0.15) is 0 Å². The summed E-state index contributed by atoms with van der Waals surface area (Å²) in [6.07, 6.45) is -5.68. The lowest BCUT2D eigenvalue weighted by molar-refractivity contribution is -0.227. The van der Waals surface area contributed by atoms with Crippen LogP contribution in [0.3, 0.4) is 0 Å². The highest BCUT2D eigenvalue weighted by atomic mass is 35.5. The van der Waals surface area contributed by atoms with Gasteiger partial charge in [-0.15, -0.1) is 0 Å². The number of rotatable bonds is 3. The topological polar surface area (TPSA) is 83.6 Å². The molecule has 2 heterocycles. The first kappa shape index (κ1) is 18.2. The summed E-state index contributed by atoms with van der Waals surface area (Å²) in [7, 11) is 0. The van der Waals surface area contributed by atoms with Crippen LogP contribution in [0.5, 0.6) is 0 Å². The molecule has 1 N–H and O–H groups in total. The number of alkyl halides is 3. The minimum atomic E-state index is -4.97. The summed E-state index contributed by atoms with van der Waals surface area (Å²) in [6.45, 7) is -1.31. The summed E-state index contributed by atoms with van der Waals surface area (Å²) in [5.74, 6) is -2.61. The SMILES string of the molecule is O=C(c1cc(-c2cccc(Cl)c2)on1)N1CCC(C(=O)O)(C(F)(F)F)C1. The molecular formula is C16H12ClF3N2O4. The number of benzene rings is 1. The van der Waals surface area contributed by atoms with Crippen LogP contribution in [0, 0.1) is 5.41 Å². The second-order valence-corrected chi connectivity index (χ2v) is 6.38. The van der Waals surface area contributed by atoms with E-state index in [2.05, 4.69) is 5.16 Å². The van der Waals surface area contributed by atoms with Crippen LogP contribution in [0.25, 0.3) is 11.3 Å². The third-order valence-corrected chi connectivity index (χ3v) is 4.58. The molecule has 1 unspecified atom stereocenters. The molecule has 1 fully saturated rings. The number of carbonyl (C=O) groups is 2. The Morgan fingerprint density at radius 3 is 2.62 bits per heavy atom. The van der Waals surface area contributed by atoms with Gasteiger partial charge in [0.25, 0.3) is 5.91 Å². The van der Waals surface area contributed by atoms with Gasteiger partial charge < -0.3 is 14.5 Å². The Morgan fingerprint density at radius 2 is 2.04 bits per heavy atom. The van der Waals surface area contributed by atoms with E-state index in [4.69, 9.17) is 21.2 Å². The Morgan fingerprint density at radius 1 is 1.31 bits per heavy atom. The highest BCUT2D eigenvalue weighted by molar-refractivity contribution is 6.30. The second kappa shape index (κ2) is 6.31. The lowest BCUT2D eigenvalue weighted by Crippen LogP contribution is -2.47. The highest BCUT2D eigenvalue weighted by Crippen LogP contribution is 2.46. The number of likely N-dealkylation sites (tertiary alicyclic amines) is 1. The van der Waals surface area contributed by atoms with Crippen molar-refractivity contribution in [1.29, 1.82) is 0 Å². The molecule has 0 bridgehead atoms. The van der Waals surface area contributed by atoms with Gasteiger partial charge in [-0.25, -0.2) is 0 Å². The first-order chi connectivity index (χ1) is 12.1. The number of aromatic nitrogens is 1. The molecule has 6 nitrogen and oxygen atoms in total. The van der Waals surface area contributed by atoms with Crippen molar-refractivity contribution in [3.05, 3.63) is 41.0 Å². The molecule has 1 aliphatic rings. The average molecular weight is 389 g/mol. The van der Waals surface area contributed by atoms with Crippen LogP contribution in [0.15, 0.2) is 34.9 Å². The Labute approximate surface area is 150 Å². The van der Waals surface area contributed by atoms with Gasteiger partial charge in [-0.2, -0.15) is 13.2 Å². The van der Waals surface area contributed by atoms with E-state index in [1.807, 2.05) is 0 Å². The molecule has 138 valence electrons. The maximum absolute atomic E-state index is 13.2. The molecule has 1 amide bonds. The third-order valence-electron chi connectivity index (χ3n) is 4.35. The number of aliphatic carboxylic acids is 1. The number of hydrogen-bond donors (Lipinski definition) is 1. The zero-order valence-electron chi connectivity index (χ0n) is 13.1. The first-order valence-corrected chi connectivity index (χ1v) is 7.84. The second-order valence-electron chi connectivity index (χ2n) is 5.95. The fourth-order valence-corrected chi connectivity index (χ4v) is 3.02. The Bertz CT molecular complexity index is 867. The number of nitrogens with zero attached hydrogens (tertiary/aromatic N) is 2. The number of carboxylic acid groups (broad SMARTS) is 1. The van der Waals surface area contributed by atoms with Crippen LogP contribution >= 0.6 is 11.6 Å². The number of carbonyl (C=O) groups excluding carboxylic acids is 1. The van der Waals surface area contributed by atoms with Crippen molar-refractivity contribution in [2.45, 2.75) is 12.6 Å². The predicted octanol–water partition coefficient (Wildman–Crippen LogP) is 3.47. The van der Waals surface area contributed by atoms with Crippen LogP contribution in [0.2, 0.25) is 5.02 Å². The van der Waals surface area contributed by atoms with Crippen molar-refractivity contribution in [2.24, 2.45) is 5.41 Å². The van der Waals surface area contributed by atoms with E-state index in [0.29, 0.717) is 10.6 Å². The Hall–Kier alpha value is -2.55. The lowest BCUT2D eigenvalue weighted by Gasteiger charge is -2.26. The highest BCUT2D eigenvalue weighted by Gasteiger charge is 2.64. The van der Waals surface area contributed by atoms with Crippen LogP contribution in [-0.2, 0) is 4.79 Å². The number of carboxylic acids is 1. The van der Waals surface area contributed by atoms with Crippen molar-refractivity contribution in [2.75, 3.05) is 13.1 Å². The van der Waals surface area contributed by atoms with E-state index >= 15 is 0 Å². The molecule has 0 spiro atoms. The Balaban J connectivity index is 1.82. The fraction of sp³-hybridized carbons (Fsp3) is 0.312. The molecule has 10 heteroatoms. The van der Waals surface area contributed by atoms with Crippen molar-refractivity contribution in [3.63, 3.8) is 0 Å². The number of halogens is 4. The standard InChI is InChI=1S/C16H12ClF3N2O4/c17-10-3-1-2-9(6-10)12-7-11(21-26-12)13(23)22-5-4-15(8-22,14(24)25)16(18,19)20/h1-3,6-7H,4-5,8H2,(H,24,25). The predicted molar refractivity (Wildman–Crippen MR) is 83.6 cm³/mol. The van der Waals surface area contributed by atoms with Crippen molar-refractivity contribution >= 4 is 23.5 Å². The van der Waals surface area contributed by atoms with Gasteiger partial charge in [0, 0.05) is 29.7 Å². The molecule has 26 heavy (non-hydrogen) atoms. The van der Waals surface area contributed by atoms with Gasteiger partial charge in [-0.1, -0.05) is 28.9 Å². The minimum Gasteiger partial charge on any atom is -0.481 e. The molecule has 1 atom stereocenters. The minimum absolute atomic E-state index is 0.205. The molecule has 0 radical (unpaired) electrons. The summed E-state index contributed by atoms with van der Waals surface area (Å²) in [4.78, 5) is 24.4. The quantitative estimate of drug-likeness (QED) is 0.870. The van der Waals surface area contributed by atoms with Gasteiger partial charge in [0.05, 0.1) is 0 Å². The molecule has 1 aliphatic heterocycles. The van der Waals surface area contributed by atoms with E-state index < -0.39 is 36.4 Å². The maximum atomic E-state index is 13.2. The van der Waals surface area contributed by atoms with Crippen LogP contribution in [0.1, 0.15) is 16.9 Å². The van der Waals surface area contributed by atoms with Gasteiger partial charge in [-0.3, -0.25) is 9.59 Å². The molecule has 1 saturated heterocycles. The molecule has 0 saturated carbocycles. The van der Waals surface area contributed by atoms with Crippen LogP contribution < -0.4 is 0 Å². The van der Waals surface area contributed by atoms with Crippen molar-refractivity contribution in [3.8, 4) is 11.3 Å². The zero-order valence-corrected chi connectivity index (χ0v) is 13.8. The summed E-state index contributed by atoms with van der Waals surface area (Å²) in [5, 5.41) is 13.1. The molecule has 3 rings (SSSR count). The van der Waals surface area contributed by atoms with E-state index in [9.17, 15) is 22.8 Å². The van der Waals surface area contributed by atoms with Crippen LogP contribution in [0.4, 0.5) is 13.2 Å². The zero-order chi connectivity index (χ0) is 19.1. The van der Waals surface area contributed by atoms with E-state index in [-0.39, 0.29) is 18.0 Å². The first-order valence-electron chi connectivity index (χ1n) is 7.46. The smallest absolute Gasteiger partial charge is 0.406 e. The molecule has 1 aromatic carbocycles. The number of hydrogen-bond acceptors (Lipinski definition) is 4. The molecule has 2 aromatic rings. The van der Waals surface area contributed by atoms with Gasteiger partial charge in [0.15, 0.2) is 16.9 Å². The van der Waals surface area contributed by atoms with Gasteiger partial charge in [-0.05, 0) is 18.6 Å². The van der Waals surface area contributed by atoms with Gasteiger partial charge >= 0.3 is 12.1 Å². The van der Waals surface area contributed by atoms with Crippen LogP contribution in [-0.4, -0.2) is 46.3 Å². The average Bonchev–Trinajstić information content (AvgIpc) is 3.22. The normalized spacial score (nSPS) is 20.4. The fourth-order valence-electron chi connectivity index (χ4n) is 2.83. The van der Waals surface area contributed by atoms with E-state index in [1.54, 1.807) is 24.3 Å². The lowest BCUT2D eigenvalue weighted by atomic mass is 9.86. The number of amides is 1. The monoisotopic (exact) mass is 388 g/mol. The summed E-state index contributed by atoms with van der Waals surface area (Å²) in [6, 6.07) is 7.82. The summed E-state index contributed by atoms with van der Waals surface area (Å²) in [5.41, 5.74) is -2.63. The summed E-state index contributed by atoms with van der Waals surface area (Å²) < 4.78 is 44.7. The summed E-state index contributed by atoms with van der Waals surface area (Å²) >= 11 is 5.87. The maximum Gasteiger partial charge on any atom is 0.406 e. The van der Waals surface area contributed by atoms with Crippen molar-refractivity contribution in [1.82, 2.24) is 10.1 Å². The molecule has 1 aromatic heterocycles. The van der Waals surface area contributed by atoms with E-state index in [1.165, 1.54) is 6.07 Å². The van der Waals surface area contributed by atoms with Gasteiger partial charge in [0.2, 0.25) is 0 Å².